The summed E-state index contributed by atoms with van der Waals surface area (Å²) in [6, 6.07) is 16.5. The van der Waals surface area contributed by atoms with Crippen LogP contribution < -0.4 is 4.74 Å². The molecule has 1 unspecified atom stereocenters. The van der Waals surface area contributed by atoms with E-state index < -0.39 is 5.97 Å². The molecule has 0 saturated carbocycles. The number of benzene rings is 2. The van der Waals surface area contributed by atoms with Gasteiger partial charge in [-0.05, 0) is 37.1 Å². The van der Waals surface area contributed by atoms with Gasteiger partial charge in [0, 0.05) is 12.2 Å². The Balaban J connectivity index is 1.28. The van der Waals surface area contributed by atoms with Crippen molar-refractivity contribution in [2.75, 3.05) is 13.2 Å². The molecule has 3 aromatic rings. The Morgan fingerprint density at radius 1 is 1.11 bits per heavy atom. The molecule has 0 spiro atoms. The van der Waals surface area contributed by atoms with E-state index in [0.717, 1.165) is 25.0 Å². The molecule has 0 bridgehead atoms. The van der Waals surface area contributed by atoms with E-state index in [9.17, 15) is 4.79 Å². The van der Waals surface area contributed by atoms with E-state index in [1.54, 1.807) is 30.5 Å². The Hall–Kier alpha value is -3.12. The minimum atomic E-state index is -0.440. The van der Waals surface area contributed by atoms with Crippen LogP contribution in [0.3, 0.4) is 0 Å². The van der Waals surface area contributed by atoms with Gasteiger partial charge in [0.15, 0.2) is 12.4 Å². The number of esters is 1. The Morgan fingerprint density at radius 3 is 2.68 bits per heavy atom. The summed E-state index contributed by atoms with van der Waals surface area (Å²) in [7, 11) is 0. The maximum absolute atomic E-state index is 12.2. The van der Waals surface area contributed by atoms with Crippen molar-refractivity contribution in [1.29, 1.82) is 0 Å². The molecule has 0 radical (unpaired) electrons. The average Bonchev–Trinajstić information content (AvgIpc) is 3.44. The predicted octanol–water partition coefficient (Wildman–Crippen LogP) is 4.26. The summed E-state index contributed by atoms with van der Waals surface area (Å²) in [4.78, 5) is 16.4. The van der Waals surface area contributed by atoms with Crippen LogP contribution in [0, 0.1) is 0 Å². The normalized spacial score (nSPS) is 16.1. The number of aromatic nitrogens is 1. The van der Waals surface area contributed by atoms with Gasteiger partial charge in [-0.15, -0.1) is 0 Å². The number of rotatable bonds is 7. The Kier molecular flexibility index (Phi) is 5.68. The van der Waals surface area contributed by atoms with E-state index in [1.165, 1.54) is 0 Å². The maximum Gasteiger partial charge on any atom is 0.338 e. The monoisotopic (exact) mass is 379 g/mol. The second-order valence-corrected chi connectivity index (χ2v) is 6.53. The first kappa shape index (κ1) is 18.3. The van der Waals surface area contributed by atoms with E-state index >= 15 is 0 Å². The van der Waals surface area contributed by atoms with Crippen LogP contribution in [0.2, 0.25) is 0 Å². The standard InChI is InChI=1S/C22H21NO5/c24-22(17-8-10-18(11-9-17)26-14-19-7-4-12-25-19)27-15-21-23-13-20(28-21)16-5-2-1-3-6-16/h1-3,5-6,8-11,13,19H,4,7,12,14-15H2. The summed E-state index contributed by atoms with van der Waals surface area (Å²) in [6.45, 7) is 1.30. The molecule has 1 fully saturated rings. The van der Waals surface area contributed by atoms with Crippen LogP contribution in [0.5, 0.6) is 5.75 Å². The predicted molar refractivity (Wildman–Crippen MR) is 102 cm³/mol. The van der Waals surface area contributed by atoms with Gasteiger partial charge in [0.2, 0.25) is 5.89 Å². The van der Waals surface area contributed by atoms with E-state index in [-0.39, 0.29) is 12.7 Å². The number of hydrogen-bond donors (Lipinski definition) is 0. The zero-order valence-electron chi connectivity index (χ0n) is 15.4. The van der Waals surface area contributed by atoms with Gasteiger partial charge in [0.25, 0.3) is 0 Å². The third kappa shape index (κ3) is 4.58. The fourth-order valence-electron chi connectivity index (χ4n) is 2.98. The number of carbonyl (C=O) groups excluding carboxylic acids is 1. The van der Waals surface area contributed by atoms with Crippen molar-refractivity contribution < 1.29 is 23.4 Å². The summed E-state index contributed by atoms with van der Waals surface area (Å²) < 4.78 is 22.1. The van der Waals surface area contributed by atoms with E-state index in [4.69, 9.17) is 18.6 Å². The van der Waals surface area contributed by atoms with E-state index in [0.29, 0.717) is 29.6 Å². The van der Waals surface area contributed by atoms with Crippen molar-refractivity contribution in [2.45, 2.75) is 25.6 Å². The van der Waals surface area contributed by atoms with Crippen molar-refractivity contribution in [3.63, 3.8) is 0 Å². The van der Waals surface area contributed by atoms with Crippen LogP contribution in [0.15, 0.2) is 65.2 Å². The lowest BCUT2D eigenvalue weighted by atomic mass is 10.2. The lowest BCUT2D eigenvalue weighted by Gasteiger charge is -2.11. The number of hydrogen-bond acceptors (Lipinski definition) is 6. The van der Waals surface area contributed by atoms with Crippen LogP contribution in [-0.4, -0.2) is 30.3 Å². The molecule has 0 N–H and O–H groups in total. The number of nitrogens with zero attached hydrogens (tertiary/aromatic N) is 1. The first-order valence-corrected chi connectivity index (χ1v) is 9.29. The highest BCUT2D eigenvalue weighted by molar-refractivity contribution is 5.89. The minimum Gasteiger partial charge on any atom is -0.491 e. The lowest BCUT2D eigenvalue weighted by Crippen LogP contribution is -2.16. The number of ether oxygens (including phenoxy) is 3. The zero-order valence-corrected chi connectivity index (χ0v) is 15.4. The second-order valence-electron chi connectivity index (χ2n) is 6.53. The van der Waals surface area contributed by atoms with Gasteiger partial charge in [-0.3, -0.25) is 0 Å². The van der Waals surface area contributed by atoms with Crippen molar-refractivity contribution in [1.82, 2.24) is 4.98 Å². The molecule has 2 heterocycles. The molecule has 1 aromatic heterocycles. The van der Waals surface area contributed by atoms with Gasteiger partial charge < -0.3 is 18.6 Å². The molecule has 0 aliphatic carbocycles. The van der Waals surface area contributed by atoms with Crippen LogP contribution in [0.25, 0.3) is 11.3 Å². The molecular formula is C22H21NO5. The SMILES string of the molecule is O=C(OCc1ncc(-c2ccccc2)o1)c1ccc(OCC2CCCO2)cc1. The van der Waals surface area contributed by atoms with Gasteiger partial charge >= 0.3 is 5.97 Å². The highest BCUT2D eigenvalue weighted by Gasteiger charge is 2.16. The molecule has 6 heteroatoms. The minimum absolute atomic E-state index is 0.0249. The van der Waals surface area contributed by atoms with Crippen molar-refractivity contribution in [3.8, 4) is 17.1 Å². The molecular weight excluding hydrogens is 358 g/mol. The summed E-state index contributed by atoms with van der Waals surface area (Å²) >= 11 is 0. The highest BCUT2D eigenvalue weighted by Crippen LogP contribution is 2.21. The van der Waals surface area contributed by atoms with E-state index in [1.807, 2.05) is 30.3 Å². The first-order chi connectivity index (χ1) is 13.8. The Labute approximate surface area is 163 Å². The maximum atomic E-state index is 12.2. The molecule has 144 valence electrons. The second kappa shape index (κ2) is 8.71. The molecule has 1 saturated heterocycles. The Bertz CT molecular complexity index is 898. The van der Waals surface area contributed by atoms with Crippen LogP contribution >= 0.6 is 0 Å². The molecule has 0 amide bonds. The van der Waals surface area contributed by atoms with Gasteiger partial charge in [0.05, 0.1) is 17.9 Å². The fraction of sp³-hybridized carbons (Fsp3) is 0.273. The quantitative estimate of drug-likeness (QED) is 0.572. The van der Waals surface area contributed by atoms with Crippen molar-refractivity contribution in [3.05, 3.63) is 72.2 Å². The van der Waals surface area contributed by atoms with Crippen LogP contribution in [0.1, 0.15) is 29.1 Å². The summed E-state index contributed by atoms with van der Waals surface area (Å²) in [5.74, 6) is 1.25. The van der Waals surface area contributed by atoms with Gasteiger partial charge in [-0.2, -0.15) is 0 Å². The van der Waals surface area contributed by atoms with Crippen molar-refractivity contribution in [2.24, 2.45) is 0 Å². The number of oxazole rings is 1. The van der Waals surface area contributed by atoms with Crippen LogP contribution in [-0.2, 0) is 16.1 Å². The summed E-state index contributed by atoms with van der Waals surface area (Å²) in [5, 5.41) is 0. The third-order valence-corrected chi connectivity index (χ3v) is 4.49. The third-order valence-electron chi connectivity index (χ3n) is 4.49. The van der Waals surface area contributed by atoms with Gasteiger partial charge in [0.1, 0.15) is 12.4 Å². The largest absolute Gasteiger partial charge is 0.491 e. The van der Waals surface area contributed by atoms with E-state index in [2.05, 4.69) is 4.98 Å². The molecule has 1 aliphatic heterocycles. The molecule has 1 atom stereocenters. The fourth-order valence-corrected chi connectivity index (χ4v) is 2.98. The Morgan fingerprint density at radius 2 is 1.93 bits per heavy atom. The van der Waals surface area contributed by atoms with Gasteiger partial charge in [-0.25, -0.2) is 9.78 Å². The number of carbonyl (C=O) groups is 1. The average molecular weight is 379 g/mol. The van der Waals surface area contributed by atoms with Crippen LogP contribution in [0.4, 0.5) is 0 Å². The lowest BCUT2D eigenvalue weighted by molar-refractivity contribution is 0.0438. The first-order valence-electron chi connectivity index (χ1n) is 9.29. The topological polar surface area (TPSA) is 70.8 Å². The highest BCUT2D eigenvalue weighted by atomic mass is 16.5. The molecule has 1 aliphatic rings. The molecule has 4 rings (SSSR count). The summed E-state index contributed by atoms with van der Waals surface area (Å²) in [5.41, 5.74) is 1.37. The smallest absolute Gasteiger partial charge is 0.338 e. The molecule has 28 heavy (non-hydrogen) atoms. The molecule has 6 nitrogen and oxygen atoms in total. The van der Waals surface area contributed by atoms with Gasteiger partial charge in [-0.1, -0.05) is 30.3 Å². The zero-order chi connectivity index (χ0) is 19.2. The van der Waals surface area contributed by atoms with Crippen molar-refractivity contribution >= 4 is 5.97 Å². The summed E-state index contributed by atoms with van der Waals surface area (Å²) in [6.07, 6.45) is 3.89. The molecule has 2 aromatic carbocycles.